The van der Waals surface area contributed by atoms with Gasteiger partial charge in [0.25, 0.3) is 0 Å². The summed E-state index contributed by atoms with van der Waals surface area (Å²) in [5.41, 5.74) is 1.37. The van der Waals surface area contributed by atoms with E-state index in [0.29, 0.717) is 36.3 Å². The van der Waals surface area contributed by atoms with Gasteiger partial charge in [0.1, 0.15) is 11.8 Å². The van der Waals surface area contributed by atoms with Crippen LogP contribution < -0.4 is 10.1 Å². The Balaban J connectivity index is 1.54. The summed E-state index contributed by atoms with van der Waals surface area (Å²) < 4.78 is 6.63. The summed E-state index contributed by atoms with van der Waals surface area (Å²) >= 11 is 2.25. The van der Waals surface area contributed by atoms with Crippen LogP contribution in [0.5, 0.6) is 5.75 Å². The van der Waals surface area contributed by atoms with Crippen LogP contribution in [0.1, 0.15) is 46.1 Å². The molecule has 7 heteroatoms. The number of benzene rings is 1. The number of aliphatic hydroxyl groups is 2. The maximum atomic E-state index is 13.7. The number of para-hydroxylation sites is 1. The number of aliphatic hydroxyl groups excluding tert-OH is 2. The zero-order chi connectivity index (χ0) is 23.4. The molecular weight excluding hydrogens is 519 g/mol. The van der Waals surface area contributed by atoms with Crippen LogP contribution in [0.25, 0.3) is 0 Å². The number of quaternary nitrogens is 1. The van der Waals surface area contributed by atoms with E-state index < -0.39 is 24.2 Å². The lowest BCUT2D eigenvalue weighted by atomic mass is 9.45. The van der Waals surface area contributed by atoms with Gasteiger partial charge in [0.05, 0.1) is 28.9 Å². The molecule has 32 heavy (non-hydrogen) atoms. The molecule has 5 rings (SSSR count). The largest absolute Gasteiger partial charge is 0.495 e. The van der Waals surface area contributed by atoms with E-state index in [2.05, 4.69) is 43.4 Å². The lowest BCUT2D eigenvalue weighted by molar-refractivity contribution is -0.627. The Hall–Kier alpha value is -0.740. The van der Waals surface area contributed by atoms with Crippen molar-refractivity contribution in [2.45, 2.75) is 71.4 Å². The average Bonchev–Trinajstić information content (AvgIpc) is 3.05. The molecule has 1 aromatic carbocycles. The number of rotatable bonds is 6. The van der Waals surface area contributed by atoms with Gasteiger partial charge in [-0.15, -0.1) is 0 Å². The average molecular weight is 557 g/mol. The highest BCUT2D eigenvalue weighted by atomic mass is 127. The third kappa shape index (κ3) is 4.13. The fraction of sp³-hybridized carbons (Fsp3) is 0.720. The van der Waals surface area contributed by atoms with Crippen molar-refractivity contribution < 1.29 is 25.1 Å². The minimum absolute atomic E-state index is 0.0491. The molecule has 1 aromatic rings. The number of nitrogens with zero attached hydrogens (tertiary/aromatic N) is 1. The lowest BCUT2D eigenvalue weighted by Crippen LogP contribution is -2.99. The highest BCUT2D eigenvalue weighted by molar-refractivity contribution is 14.1. The highest BCUT2D eigenvalue weighted by Crippen LogP contribution is 2.60. The van der Waals surface area contributed by atoms with Gasteiger partial charge < -0.3 is 14.9 Å². The van der Waals surface area contributed by atoms with Crippen molar-refractivity contribution in [3.8, 4) is 5.75 Å². The van der Waals surface area contributed by atoms with E-state index in [1.54, 1.807) is 14.0 Å². The van der Waals surface area contributed by atoms with Crippen molar-refractivity contribution in [3.05, 3.63) is 27.3 Å². The zero-order valence-electron chi connectivity index (χ0n) is 19.8. The molecule has 3 saturated carbocycles. The van der Waals surface area contributed by atoms with Crippen LogP contribution in [-0.2, 0) is 11.3 Å². The smallest absolute Gasteiger partial charge is 0.328 e. The van der Waals surface area contributed by atoms with Gasteiger partial charge in [-0.25, -0.2) is 4.79 Å². The number of amides is 1. The molecule has 4 N–H and O–H groups in total. The molecular formula is C25H38IN2O4+. The zero-order valence-corrected chi connectivity index (χ0v) is 22.0. The quantitative estimate of drug-likeness (QED) is 0.466. The van der Waals surface area contributed by atoms with Crippen LogP contribution in [0.15, 0.2) is 18.2 Å². The Labute approximate surface area is 205 Å². The Bertz CT molecular complexity index is 860. The molecule has 6 nitrogen and oxygen atoms in total. The number of primary amides is 1. The van der Waals surface area contributed by atoms with Crippen LogP contribution in [0.4, 0.5) is 0 Å². The number of likely N-dealkylation sites (tertiary alicyclic amines) is 1. The highest BCUT2D eigenvalue weighted by Gasteiger charge is 2.58. The summed E-state index contributed by atoms with van der Waals surface area (Å²) in [6.07, 6.45) is 0.855. The number of methoxy groups -OCH3 is 1. The number of nitrogens with two attached hydrogens (primary N) is 1. The second kappa shape index (κ2) is 9.13. The summed E-state index contributed by atoms with van der Waals surface area (Å²) in [6.45, 7) is 9.59. The molecule has 8 atom stereocenters. The van der Waals surface area contributed by atoms with E-state index >= 15 is 0 Å². The number of hydrogen-bond donors (Lipinski definition) is 3. The molecule has 0 radical (unpaired) electrons. The van der Waals surface area contributed by atoms with Crippen LogP contribution in [0.3, 0.4) is 0 Å². The maximum Gasteiger partial charge on any atom is 0.328 e. The Morgan fingerprint density at radius 3 is 2.69 bits per heavy atom. The Morgan fingerprint density at radius 2 is 2.09 bits per heavy atom. The molecule has 1 aliphatic heterocycles. The van der Waals surface area contributed by atoms with Gasteiger partial charge in [-0.2, -0.15) is 0 Å². The SMILES string of the molecule is COc1c(I)cccc1CN1C[C@H](O)[C@@H]([C@H](C)O)[C@H]1C(=O)[NH2+]C1C[C@H]2C[C@@H]([C@@H]1C)C2(C)C. The molecule has 178 valence electrons. The third-order valence-corrected chi connectivity index (χ3v) is 9.74. The van der Waals surface area contributed by atoms with E-state index in [1.165, 1.54) is 6.42 Å². The van der Waals surface area contributed by atoms with Crippen LogP contribution in [-0.4, -0.2) is 59.0 Å². The number of β-amino-alcohol motifs (C(OH)–C–C–N with tert-alkyl or cyclic N) is 1. The number of carbonyl (C=O) groups is 1. The minimum Gasteiger partial charge on any atom is -0.495 e. The number of fused-ring (bicyclic) bond motifs is 2. The summed E-state index contributed by atoms with van der Waals surface area (Å²) in [5, 5.41) is 23.2. The van der Waals surface area contributed by atoms with Gasteiger partial charge >= 0.3 is 5.91 Å². The van der Waals surface area contributed by atoms with Crippen LogP contribution in [0, 0.1) is 32.7 Å². The van der Waals surface area contributed by atoms with Crippen LogP contribution in [0.2, 0.25) is 0 Å². The molecule has 1 heterocycles. The Kier molecular flexibility index (Phi) is 6.96. The summed E-state index contributed by atoms with van der Waals surface area (Å²) in [7, 11) is 1.66. The topological polar surface area (TPSA) is 86.6 Å². The fourth-order valence-electron chi connectivity index (χ4n) is 6.89. The van der Waals surface area contributed by atoms with Gasteiger partial charge in [-0.3, -0.25) is 10.2 Å². The van der Waals surface area contributed by atoms with E-state index in [0.717, 1.165) is 21.3 Å². The lowest BCUT2D eigenvalue weighted by Gasteiger charge is -2.60. The molecule has 0 spiro atoms. The van der Waals surface area contributed by atoms with E-state index in [1.807, 2.05) is 28.4 Å². The minimum atomic E-state index is -0.758. The maximum absolute atomic E-state index is 13.7. The second-order valence-electron chi connectivity index (χ2n) is 10.9. The first-order valence-electron chi connectivity index (χ1n) is 11.9. The first-order valence-corrected chi connectivity index (χ1v) is 12.9. The molecule has 0 aromatic heterocycles. The molecule has 3 aliphatic carbocycles. The monoisotopic (exact) mass is 557 g/mol. The third-order valence-electron chi connectivity index (χ3n) is 8.89. The summed E-state index contributed by atoms with van der Waals surface area (Å²) in [6, 6.07) is 5.74. The van der Waals surface area contributed by atoms with Crippen molar-refractivity contribution in [1.82, 2.24) is 4.90 Å². The second-order valence-corrected chi connectivity index (χ2v) is 12.0. The van der Waals surface area contributed by atoms with E-state index in [9.17, 15) is 15.0 Å². The molecule has 4 aliphatic rings. The van der Waals surface area contributed by atoms with Crippen LogP contribution >= 0.6 is 22.6 Å². The number of ether oxygens (including phenoxy) is 1. The van der Waals surface area contributed by atoms with Crippen molar-refractivity contribution in [3.63, 3.8) is 0 Å². The van der Waals surface area contributed by atoms with E-state index in [-0.39, 0.29) is 11.9 Å². The molecule has 1 unspecified atom stereocenters. The standard InChI is InChI=1S/C25H37IN2O4/c1-13-17-9-16(25(17,3)4)10-19(13)27-24(31)22-21(14(2)29)20(30)12-28(22)11-15-7-6-8-18(26)23(15)32-5/h6-8,13-14,16-17,19-22,29-30H,9-12H2,1-5H3,(H,27,31)/p+1/t13-,14-,16+,17-,19?,20-,21+,22-/m0/s1. The fourth-order valence-corrected chi connectivity index (χ4v) is 7.67. The first kappa shape index (κ1) is 24.4. The van der Waals surface area contributed by atoms with Crippen molar-refractivity contribution in [1.29, 1.82) is 0 Å². The number of halogens is 1. The van der Waals surface area contributed by atoms with Crippen molar-refractivity contribution in [2.75, 3.05) is 13.7 Å². The van der Waals surface area contributed by atoms with Gasteiger partial charge in [-0.05, 0) is 59.3 Å². The van der Waals surface area contributed by atoms with Crippen molar-refractivity contribution in [2.24, 2.45) is 29.1 Å². The molecule has 2 bridgehead atoms. The molecule has 1 amide bonds. The Morgan fingerprint density at radius 1 is 1.38 bits per heavy atom. The molecule has 1 saturated heterocycles. The normalized spacial score (nSPS) is 37.1. The van der Waals surface area contributed by atoms with E-state index in [4.69, 9.17) is 4.74 Å². The summed E-state index contributed by atoms with van der Waals surface area (Å²) in [5.74, 6) is 2.21. The van der Waals surface area contributed by atoms with Gasteiger partial charge in [0.15, 0.2) is 0 Å². The van der Waals surface area contributed by atoms with Gasteiger partial charge in [0.2, 0.25) is 0 Å². The predicted octanol–water partition coefficient (Wildman–Crippen LogP) is 2.00. The number of carbonyl (C=O) groups excluding carboxylic acids is 1. The molecule has 4 fully saturated rings. The van der Waals surface area contributed by atoms with Gasteiger partial charge in [-0.1, -0.05) is 32.9 Å². The van der Waals surface area contributed by atoms with Crippen molar-refractivity contribution >= 4 is 28.5 Å². The van der Waals surface area contributed by atoms with Gasteiger partial charge in [0, 0.05) is 36.9 Å². The number of hydrogen-bond acceptors (Lipinski definition) is 5. The predicted molar refractivity (Wildman–Crippen MR) is 131 cm³/mol. The first-order chi connectivity index (χ1) is 15.1. The summed E-state index contributed by atoms with van der Waals surface area (Å²) in [4.78, 5) is 15.7.